The molecule has 0 atom stereocenters. The van der Waals surface area contributed by atoms with Crippen LogP contribution in [0.25, 0.3) is 11.5 Å². The molecule has 110 valence electrons. The molecule has 2 aromatic carbocycles. The Hall–Kier alpha value is -2.66. The largest absolute Gasteiger partial charge is 0.403 e. The van der Waals surface area contributed by atoms with E-state index in [9.17, 15) is 4.79 Å². The molecule has 3 aromatic rings. The number of carbonyl (C=O) groups excluding carboxylic acids is 1. The van der Waals surface area contributed by atoms with E-state index in [1.807, 2.05) is 30.3 Å². The molecule has 0 aliphatic carbocycles. The van der Waals surface area contributed by atoms with Crippen molar-refractivity contribution in [3.8, 4) is 11.5 Å². The minimum atomic E-state index is -0.211. The van der Waals surface area contributed by atoms with Crippen LogP contribution in [0.15, 0.2) is 59.0 Å². The van der Waals surface area contributed by atoms with E-state index in [0.29, 0.717) is 10.9 Å². The van der Waals surface area contributed by atoms with Gasteiger partial charge >= 0.3 is 6.01 Å². The summed E-state index contributed by atoms with van der Waals surface area (Å²) in [4.78, 5) is 11.9. The fraction of sp³-hybridized carbons (Fsp3) is 0.0625. The van der Waals surface area contributed by atoms with E-state index >= 15 is 0 Å². The molecular weight excluding hydrogens is 302 g/mol. The van der Waals surface area contributed by atoms with Gasteiger partial charge in [-0.3, -0.25) is 10.1 Å². The third-order valence-corrected chi connectivity index (χ3v) is 3.22. The van der Waals surface area contributed by atoms with Crippen LogP contribution in [0.5, 0.6) is 0 Å². The second-order valence-corrected chi connectivity index (χ2v) is 5.07. The highest BCUT2D eigenvalue weighted by atomic mass is 35.5. The number of benzene rings is 2. The van der Waals surface area contributed by atoms with Gasteiger partial charge in [-0.2, -0.15) is 0 Å². The number of rotatable bonds is 4. The maximum absolute atomic E-state index is 11.9. The van der Waals surface area contributed by atoms with E-state index in [0.717, 1.165) is 11.1 Å². The molecule has 0 aliphatic heterocycles. The fourth-order valence-electron chi connectivity index (χ4n) is 1.93. The summed E-state index contributed by atoms with van der Waals surface area (Å²) in [7, 11) is 0. The zero-order valence-corrected chi connectivity index (χ0v) is 12.2. The van der Waals surface area contributed by atoms with Crippen molar-refractivity contribution in [1.82, 2.24) is 10.2 Å². The summed E-state index contributed by atoms with van der Waals surface area (Å²) in [6.07, 6.45) is 0.250. The van der Waals surface area contributed by atoms with Crippen LogP contribution in [0.3, 0.4) is 0 Å². The first kappa shape index (κ1) is 14.3. The molecule has 3 rings (SSSR count). The highest BCUT2D eigenvalue weighted by molar-refractivity contribution is 6.30. The smallest absolute Gasteiger partial charge is 0.322 e. The van der Waals surface area contributed by atoms with Crippen LogP contribution in [-0.4, -0.2) is 16.1 Å². The molecule has 5 nitrogen and oxygen atoms in total. The molecule has 0 fully saturated rings. The van der Waals surface area contributed by atoms with Crippen molar-refractivity contribution < 1.29 is 9.21 Å². The summed E-state index contributed by atoms with van der Waals surface area (Å²) < 4.78 is 5.42. The van der Waals surface area contributed by atoms with Gasteiger partial charge in [0.05, 0.1) is 6.42 Å². The molecule has 0 saturated carbocycles. The molecule has 0 saturated heterocycles. The highest BCUT2D eigenvalue weighted by Gasteiger charge is 2.11. The predicted octanol–water partition coefficient (Wildman–Crippen LogP) is 3.57. The van der Waals surface area contributed by atoms with Crippen molar-refractivity contribution >= 4 is 23.5 Å². The Labute approximate surface area is 131 Å². The number of amides is 1. The van der Waals surface area contributed by atoms with Gasteiger partial charge in [0.15, 0.2) is 0 Å². The van der Waals surface area contributed by atoms with Gasteiger partial charge in [0.2, 0.25) is 11.8 Å². The van der Waals surface area contributed by atoms with Crippen molar-refractivity contribution in [3.63, 3.8) is 0 Å². The molecule has 0 aliphatic rings. The molecule has 1 amide bonds. The Morgan fingerprint density at radius 2 is 1.77 bits per heavy atom. The van der Waals surface area contributed by atoms with Crippen molar-refractivity contribution in [2.24, 2.45) is 0 Å². The third-order valence-electron chi connectivity index (χ3n) is 2.97. The first-order chi connectivity index (χ1) is 10.7. The summed E-state index contributed by atoms with van der Waals surface area (Å²) in [6, 6.07) is 16.5. The fourth-order valence-corrected chi connectivity index (χ4v) is 2.05. The standard InChI is InChI=1S/C16H12ClN3O2/c17-13-8-6-12(7-9-13)15-19-20-16(22-15)18-14(21)10-11-4-2-1-3-5-11/h1-9H,10H2,(H,18,20,21). The van der Waals surface area contributed by atoms with E-state index in [1.165, 1.54) is 0 Å². The second kappa shape index (κ2) is 6.41. The van der Waals surface area contributed by atoms with Crippen molar-refractivity contribution in [2.75, 3.05) is 5.32 Å². The van der Waals surface area contributed by atoms with Gasteiger partial charge in [0.25, 0.3) is 0 Å². The number of aromatic nitrogens is 2. The van der Waals surface area contributed by atoms with E-state index in [4.69, 9.17) is 16.0 Å². The topological polar surface area (TPSA) is 68.0 Å². The number of halogens is 1. The quantitative estimate of drug-likeness (QED) is 0.799. The summed E-state index contributed by atoms with van der Waals surface area (Å²) in [5, 5.41) is 10.9. The van der Waals surface area contributed by atoms with Gasteiger partial charge in [-0.05, 0) is 29.8 Å². The first-order valence-corrected chi connectivity index (χ1v) is 7.02. The Bertz CT molecular complexity index is 770. The monoisotopic (exact) mass is 313 g/mol. The average Bonchev–Trinajstić information content (AvgIpc) is 2.97. The normalized spacial score (nSPS) is 10.4. The summed E-state index contributed by atoms with van der Waals surface area (Å²) >= 11 is 5.83. The zero-order valence-electron chi connectivity index (χ0n) is 11.5. The van der Waals surface area contributed by atoms with Gasteiger partial charge in [0.1, 0.15) is 0 Å². The Kier molecular flexibility index (Phi) is 4.16. The number of anilines is 1. The minimum Gasteiger partial charge on any atom is -0.403 e. The molecular formula is C16H12ClN3O2. The van der Waals surface area contributed by atoms with Crippen LogP contribution in [-0.2, 0) is 11.2 Å². The highest BCUT2D eigenvalue weighted by Crippen LogP contribution is 2.21. The van der Waals surface area contributed by atoms with Crippen LogP contribution < -0.4 is 5.32 Å². The Balaban J connectivity index is 1.66. The number of nitrogens with zero attached hydrogens (tertiary/aromatic N) is 2. The minimum absolute atomic E-state index is 0.0749. The average molecular weight is 314 g/mol. The first-order valence-electron chi connectivity index (χ1n) is 6.64. The maximum atomic E-state index is 11.9. The molecule has 22 heavy (non-hydrogen) atoms. The van der Waals surface area contributed by atoms with Gasteiger partial charge in [-0.25, -0.2) is 0 Å². The van der Waals surface area contributed by atoms with Crippen LogP contribution in [0, 0.1) is 0 Å². The SMILES string of the molecule is O=C(Cc1ccccc1)Nc1nnc(-c2ccc(Cl)cc2)o1. The van der Waals surface area contributed by atoms with Crippen LogP contribution >= 0.6 is 11.6 Å². The summed E-state index contributed by atoms with van der Waals surface area (Å²) in [5.41, 5.74) is 1.65. The number of carbonyl (C=O) groups is 1. The predicted molar refractivity (Wildman–Crippen MR) is 83.5 cm³/mol. The van der Waals surface area contributed by atoms with E-state index in [-0.39, 0.29) is 18.3 Å². The maximum Gasteiger partial charge on any atom is 0.322 e. The molecule has 0 spiro atoms. The van der Waals surface area contributed by atoms with Crippen LogP contribution in [0.2, 0.25) is 5.02 Å². The molecule has 1 heterocycles. The van der Waals surface area contributed by atoms with Gasteiger partial charge < -0.3 is 4.42 Å². The number of hydrogen-bond donors (Lipinski definition) is 1. The van der Waals surface area contributed by atoms with Gasteiger partial charge in [-0.15, -0.1) is 5.10 Å². The number of hydrogen-bond acceptors (Lipinski definition) is 4. The van der Waals surface area contributed by atoms with E-state index < -0.39 is 0 Å². The Morgan fingerprint density at radius 3 is 2.50 bits per heavy atom. The molecule has 0 radical (unpaired) electrons. The lowest BCUT2D eigenvalue weighted by atomic mass is 10.1. The second-order valence-electron chi connectivity index (χ2n) is 4.63. The van der Waals surface area contributed by atoms with E-state index in [2.05, 4.69) is 15.5 Å². The molecule has 1 aromatic heterocycles. The van der Waals surface area contributed by atoms with Crippen molar-refractivity contribution in [3.05, 3.63) is 65.2 Å². The molecule has 0 unspecified atom stereocenters. The third kappa shape index (κ3) is 3.51. The molecule has 6 heteroatoms. The van der Waals surface area contributed by atoms with Crippen LogP contribution in [0.1, 0.15) is 5.56 Å². The molecule has 0 bridgehead atoms. The van der Waals surface area contributed by atoms with Crippen molar-refractivity contribution in [2.45, 2.75) is 6.42 Å². The Morgan fingerprint density at radius 1 is 1.05 bits per heavy atom. The van der Waals surface area contributed by atoms with Gasteiger partial charge in [-0.1, -0.05) is 47.0 Å². The zero-order chi connectivity index (χ0) is 15.4. The number of nitrogens with one attached hydrogen (secondary N) is 1. The van der Waals surface area contributed by atoms with E-state index in [1.54, 1.807) is 24.3 Å². The van der Waals surface area contributed by atoms with Crippen LogP contribution in [0.4, 0.5) is 6.01 Å². The van der Waals surface area contributed by atoms with Gasteiger partial charge in [0, 0.05) is 10.6 Å². The van der Waals surface area contributed by atoms with Crippen molar-refractivity contribution in [1.29, 1.82) is 0 Å². The summed E-state index contributed by atoms with van der Waals surface area (Å²) in [5.74, 6) is 0.115. The lowest BCUT2D eigenvalue weighted by Crippen LogP contribution is -2.14. The molecule has 1 N–H and O–H groups in total. The lowest BCUT2D eigenvalue weighted by Gasteiger charge is -2.00. The lowest BCUT2D eigenvalue weighted by molar-refractivity contribution is -0.115. The summed E-state index contributed by atoms with van der Waals surface area (Å²) in [6.45, 7) is 0.